The van der Waals surface area contributed by atoms with E-state index in [1.165, 1.54) is 5.56 Å². The molecule has 0 atom stereocenters. The fourth-order valence-corrected chi connectivity index (χ4v) is 3.04. The Morgan fingerprint density at radius 1 is 1.04 bits per heavy atom. The highest BCUT2D eigenvalue weighted by molar-refractivity contribution is 7.71. The van der Waals surface area contributed by atoms with E-state index in [9.17, 15) is 0 Å². The molecule has 4 nitrogen and oxygen atoms in total. The molecule has 0 fully saturated rings. The number of rotatable bonds is 8. The summed E-state index contributed by atoms with van der Waals surface area (Å²) in [5, 5.41) is 3.30. The first-order chi connectivity index (χ1) is 12.7. The topological polar surface area (TPSA) is 36.9 Å². The summed E-state index contributed by atoms with van der Waals surface area (Å²) in [7, 11) is 0. The van der Waals surface area contributed by atoms with E-state index in [2.05, 4.69) is 58.3 Å². The fourth-order valence-electron chi connectivity index (χ4n) is 2.84. The van der Waals surface area contributed by atoms with Crippen molar-refractivity contribution >= 4 is 24.4 Å². The predicted octanol–water partition coefficient (Wildman–Crippen LogP) is 4.98. The molecule has 1 N–H and O–H groups in total. The average Bonchev–Trinajstić information content (AvgIpc) is 3.01. The van der Waals surface area contributed by atoms with Crippen LogP contribution in [-0.4, -0.2) is 26.2 Å². The molecule has 0 saturated heterocycles. The Hall–Kier alpha value is -2.50. The van der Waals surface area contributed by atoms with Gasteiger partial charge in [0.15, 0.2) is 0 Å². The zero-order chi connectivity index (χ0) is 18.2. The summed E-state index contributed by atoms with van der Waals surface area (Å²) < 4.78 is 2.50. The Bertz CT molecular complexity index is 881. The van der Waals surface area contributed by atoms with Crippen LogP contribution in [0.2, 0.25) is 0 Å². The summed E-state index contributed by atoms with van der Waals surface area (Å²) in [4.78, 5) is 6.82. The van der Waals surface area contributed by atoms with Crippen LogP contribution in [0.15, 0.2) is 60.7 Å². The first kappa shape index (κ1) is 18.3. The van der Waals surface area contributed by atoms with Crippen LogP contribution in [0.1, 0.15) is 30.3 Å². The fraction of sp³-hybridized carbons (Fsp3) is 0.238. The Morgan fingerprint density at radius 2 is 1.73 bits per heavy atom. The second kappa shape index (κ2) is 9.27. The molecule has 0 radical (unpaired) electrons. The third-order valence-corrected chi connectivity index (χ3v) is 4.37. The molecule has 0 aliphatic heterocycles. The van der Waals surface area contributed by atoms with E-state index < -0.39 is 0 Å². The largest absolute Gasteiger partial charge is 0.280 e. The lowest BCUT2D eigenvalue weighted by Gasteiger charge is -2.21. The van der Waals surface area contributed by atoms with E-state index in [-0.39, 0.29) is 0 Å². The van der Waals surface area contributed by atoms with Gasteiger partial charge < -0.3 is 0 Å². The number of aromatic nitrogens is 3. The van der Waals surface area contributed by atoms with E-state index in [0.29, 0.717) is 11.4 Å². The minimum Gasteiger partial charge on any atom is -0.280 e. The molecule has 0 aliphatic carbocycles. The van der Waals surface area contributed by atoms with Gasteiger partial charge in [0, 0.05) is 6.54 Å². The highest BCUT2D eigenvalue weighted by Gasteiger charge is 2.08. The smallest absolute Gasteiger partial charge is 0.217 e. The lowest BCUT2D eigenvalue weighted by atomic mass is 10.2. The maximum atomic E-state index is 5.43. The molecule has 0 bridgehead atoms. The maximum absolute atomic E-state index is 5.43. The highest BCUT2D eigenvalue weighted by Crippen LogP contribution is 2.09. The van der Waals surface area contributed by atoms with E-state index in [1.807, 2.05) is 41.1 Å². The van der Waals surface area contributed by atoms with E-state index in [0.717, 1.165) is 30.9 Å². The third kappa shape index (κ3) is 5.25. The van der Waals surface area contributed by atoms with Crippen LogP contribution in [0.5, 0.6) is 0 Å². The summed E-state index contributed by atoms with van der Waals surface area (Å²) in [6.45, 7) is 4.79. The van der Waals surface area contributed by atoms with Gasteiger partial charge in [-0.2, -0.15) is 4.98 Å². The molecule has 26 heavy (non-hydrogen) atoms. The maximum Gasteiger partial charge on any atom is 0.217 e. The predicted molar refractivity (Wildman–Crippen MR) is 110 cm³/mol. The lowest BCUT2D eigenvalue weighted by Crippen LogP contribution is -2.27. The molecular weight excluding hydrogens is 340 g/mol. The molecule has 134 valence electrons. The summed E-state index contributed by atoms with van der Waals surface area (Å²) in [5.41, 5.74) is 2.44. The minimum atomic E-state index is 0.576. The number of aromatic amines is 1. The Labute approximate surface area is 159 Å². The van der Waals surface area contributed by atoms with Crippen molar-refractivity contribution in [3.05, 3.63) is 82.4 Å². The van der Waals surface area contributed by atoms with Gasteiger partial charge in [-0.3, -0.25) is 10.00 Å². The van der Waals surface area contributed by atoms with Gasteiger partial charge in [-0.25, -0.2) is 4.68 Å². The van der Waals surface area contributed by atoms with Crippen molar-refractivity contribution in [3.63, 3.8) is 0 Å². The van der Waals surface area contributed by atoms with Gasteiger partial charge in [-0.05, 0) is 42.4 Å². The van der Waals surface area contributed by atoms with E-state index >= 15 is 0 Å². The number of hydrogen-bond acceptors (Lipinski definition) is 3. The molecule has 3 aromatic rings. The molecule has 0 saturated carbocycles. The van der Waals surface area contributed by atoms with Crippen LogP contribution in [-0.2, 0) is 13.2 Å². The summed E-state index contributed by atoms with van der Waals surface area (Å²) in [6.07, 6.45) is 5.09. The lowest BCUT2D eigenvalue weighted by molar-refractivity contribution is 0.197. The minimum absolute atomic E-state index is 0.576. The van der Waals surface area contributed by atoms with Gasteiger partial charge in [0.05, 0.1) is 6.67 Å². The van der Waals surface area contributed by atoms with Crippen molar-refractivity contribution in [3.8, 4) is 0 Å². The Kier molecular flexibility index (Phi) is 6.52. The van der Waals surface area contributed by atoms with Crippen LogP contribution >= 0.6 is 12.2 Å². The number of nitrogens with zero attached hydrogens (tertiary/aromatic N) is 3. The molecule has 0 aliphatic rings. The van der Waals surface area contributed by atoms with Crippen LogP contribution in [0.4, 0.5) is 0 Å². The summed E-state index contributed by atoms with van der Waals surface area (Å²) in [6, 6.07) is 20.7. The van der Waals surface area contributed by atoms with Crippen molar-refractivity contribution in [1.82, 2.24) is 19.7 Å². The van der Waals surface area contributed by atoms with Gasteiger partial charge in [0.25, 0.3) is 0 Å². The first-order valence-electron chi connectivity index (χ1n) is 8.91. The van der Waals surface area contributed by atoms with Crippen LogP contribution < -0.4 is 0 Å². The highest BCUT2D eigenvalue weighted by atomic mass is 32.1. The number of H-pyrrole nitrogens is 1. The Balaban J connectivity index is 1.70. The van der Waals surface area contributed by atoms with Gasteiger partial charge in [0.1, 0.15) is 5.82 Å². The van der Waals surface area contributed by atoms with Gasteiger partial charge in [-0.15, -0.1) is 0 Å². The third-order valence-electron chi connectivity index (χ3n) is 4.06. The van der Waals surface area contributed by atoms with Gasteiger partial charge >= 0.3 is 0 Å². The van der Waals surface area contributed by atoms with Crippen molar-refractivity contribution < 1.29 is 0 Å². The van der Waals surface area contributed by atoms with Gasteiger partial charge in [0.2, 0.25) is 4.77 Å². The SMILES string of the molecule is CCCN(Cc1ccccc1)Cn1[nH]c(/C=C/c2ccccc2)nc1=S. The molecule has 0 amide bonds. The van der Waals surface area contributed by atoms with Crippen molar-refractivity contribution in [1.29, 1.82) is 0 Å². The monoisotopic (exact) mass is 364 g/mol. The molecular formula is C21H24N4S. The van der Waals surface area contributed by atoms with Crippen LogP contribution in [0.25, 0.3) is 12.2 Å². The van der Waals surface area contributed by atoms with Crippen molar-refractivity contribution in [2.24, 2.45) is 0 Å². The number of hydrogen-bond donors (Lipinski definition) is 1. The number of nitrogens with one attached hydrogen (secondary N) is 1. The standard InChI is InChI=1S/C21H24N4S/c1-2-15-24(16-19-11-7-4-8-12-19)17-25-21(26)22-20(23-25)14-13-18-9-5-3-6-10-18/h3-14H,2,15-17H2,1H3,(H,22,23,26)/b14-13+. The molecule has 2 aromatic carbocycles. The molecule has 0 unspecified atom stereocenters. The molecule has 0 spiro atoms. The van der Waals surface area contributed by atoms with Crippen molar-refractivity contribution in [2.75, 3.05) is 6.54 Å². The second-order valence-corrected chi connectivity index (χ2v) is 6.61. The Morgan fingerprint density at radius 3 is 2.42 bits per heavy atom. The molecule has 1 heterocycles. The summed E-state index contributed by atoms with van der Waals surface area (Å²) in [5.74, 6) is 0.773. The van der Waals surface area contributed by atoms with E-state index in [1.54, 1.807) is 0 Å². The molecule has 5 heteroatoms. The zero-order valence-corrected chi connectivity index (χ0v) is 15.8. The quantitative estimate of drug-likeness (QED) is 0.573. The second-order valence-electron chi connectivity index (χ2n) is 6.24. The normalized spacial score (nSPS) is 11.5. The van der Waals surface area contributed by atoms with Crippen LogP contribution in [0, 0.1) is 4.77 Å². The average molecular weight is 365 g/mol. The summed E-state index contributed by atoms with van der Waals surface area (Å²) >= 11 is 5.43. The van der Waals surface area contributed by atoms with E-state index in [4.69, 9.17) is 12.2 Å². The molecule has 1 aromatic heterocycles. The van der Waals surface area contributed by atoms with Crippen molar-refractivity contribution in [2.45, 2.75) is 26.6 Å². The zero-order valence-electron chi connectivity index (χ0n) is 15.0. The first-order valence-corrected chi connectivity index (χ1v) is 9.31. The van der Waals surface area contributed by atoms with Gasteiger partial charge in [-0.1, -0.05) is 73.7 Å². The molecule has 3 rings (SSSR count). The van der Waals surface area contributed by atoms with Crippen LogP contribution in [0.3, 0.4) is 0 Å². The number of benzene rings is 2.